The van der Waals surface area contributed by atoms with Crippen LogP contribution in [0.2, 0.25) is 0 Å². The van der Waals surface area contributed by atoms with Crippen molar-refractivity contribution in [1.82, 2.24) is 15.5 Å². The van der Waals surface area contributed by atoms with E-state index in [4.69, 9.17) is 0 Å². The Bertz CT molecular complexity index is 637. The summed E-state index contributed by atoms with van der Waals surface area (Å²) in [5.74, 6) is -0.355. The molecule has 0 aliphatic carbocycles. The van der Waals surface area contributed by atoms with E-state index in [0.717, 1.165) is 16.5 Å². The average molecular weight is 301 g/mol. The molecule has 21 heavy (non-hydrogen) atoms. The molecule has 1 heterocycles. The minimum Gasteiger partial charge on any atom is -0.370 e. The smallest absolute Gasteiger partial charge is 0.370 e. The van der Waals surface area contributed by atoms with Gasteiger partial charge < -0.3 is 10.1 Å². The Morgan fingerprint density at radius 2 is 2.19 bits per heavy atom. The molecule has 0 bridgehead atoms. The topological polar surface area (TPSA) is 67.0 Å². The van der Waals surface area contributed by atoms with Crippen LogP contribution in [0.1, 0.15) is 15.9 Å². The molecule has 0 radical (unpaired) electrons. The van der Waals surface area contributed by atoms with Gasteiger partial charge in [0.25, 0.3) is 5.91 Å². The van der Waals surface area contributed by atoms with Crippen molar-refractivity contribution in [3.8, 4) is 0 Å². The van der Waals surface area contributed by atoms with Crippen LogP contribution < -0.4 is 5.32 Å². The molecule has 0 atom stereocenters. The lowest BCUT2D eigenvalue weighted by atomic mass is 10.0. The maximum Gasteiger partial charge on any atom is 0.411 e. The Hall–Kier alpha value is -2.09. The summed E-state index contributed by atoms with van der Waals surface area (Å²) in [6.07, 6.45) is -2.74. The third kappa shape index (κ3) is 3.94. The highest BCUT2D eigenvalue weighted by Crippen LogP contribution is 2.19. The molecule has 0 spiro atoms. The number of halogens is 3. The van der Waals surface area contributed by atoms with Gasteiger partial charge >= 0.3 is 6.18 Å². The molecule has 1 amide bonds. The number of nitrogens with zero attached hydrogens (tertiary/aromatic N) is 1. The van der Waals surface area contributed by atoms with Crippen molar-refractivity contribution in [2.45, 2.75) is 13.1 Å². The lowest BCUT2D eigenvalue weighted by Crippen LogP contribution is -2.29. The molecule has 2 rings (SSSR count). The fourth-order valence-electron chi connectivity index (χ4n) is 1.92. The predicted octanol–water partition coefficient (Wildman–Crippen LogP) is 2.18. The largest absolute Gasteiger partial charge is 0.411 e. The maximum absolute atomic E-state index is 12.0. The second-order valence-corrected chi connectivity index (χ2v) is 4.49. The summed E-state index contributed by atoms with van der Waals surface area (Å²) in [7, 11) is 0. The van der Waals surface area contributed by atoms with Gasteiger partial charge in [-0.05, 0) is 24.6 Å². The first-order chi connectivity index (χ1) is 9.88. The van der Waals surface area contributed by atoms with Gasteiger partial charge in [0, 0.05) is 17.5 Å². The summed E-state index contributed by atoms with van der Waals surface area (Å²) in [5, 5.41) is 10.0. The quantitative estimate of drug-likeness (QED) is 0.832. The highest BCUT2D eigenvalue weighted by molar-refractivity contribution is 6.00. The molecule has 5 nitrogen and oxygen atoms in total. The van der Waals surface area contributed by atoms with Crippen molar-refractivity contribution >= 4 is 16.8 Å². The van der Waals surface area contributed by atoms with Crippen molar-refractivity contribution in [2.24, 2.45) is 0 Å². The number of carbonyl (C=O) groups excluding carboxylic acids is 1. The maximum atomic E-state index is 12.0. The van der Waals surface area contributed by atoms with E-state index in [1.54, 1.807) is 25.3 Å². The number of hydrogen-bond acceptors (Lipinski definition) is 3. The number of benzene rings is 1. The number of H-pyrrole nitrogens is 1. The van der Waals surface area contributed by atoms with Crippen LogP contribution in [0.15, 0.2) is 18.3 Å². The standard InChI is InChI=1S/C13H14F3N3O2/c1-8-9(2-3-11-10(8)6-18-19-11)12(20)17-4-5-21-7-13(14,15)16/h2-3,6H,4-5,7H2,1H3,(H,17,20)(H,18,19). The first-order valence-electron chi connectivity index (χ1n) is 6.24. The van der Waals surface area contributed by atoms with E-state index in [9.17, 15) is 18.0 Å². The highest BCUT2D eigenvalue weighted by atomic mass is 19.4. The predicted molar refractivity (Wildman–Crippen MR) is 70.0 cm³/mol. The molecule has 0 saturated carbocycles. The Kier molecular flexibility index (Phi) is 4.46. The van der Waals surface area contributed by atoms with Crippen molar-refractivity contribution in [3.63, 3.8) is 0 Å². The van der Waals surface area contributed by atoms with Crippen LogP contribution in [-0.4, -0.2) is 42.0 Å². The third-order valence-corrected chi connectivity index (χ3v) is 2.94. The summed E-state index contributed by atoms with van der Waals surface area (Å²) >= 11 is 0. The number of hydrogen-bond donors (Lipinski definition) is 2. The summed E-state index contributed by atoms with van der Waals surface area (Å²) < 4.78 is 40.0. The normalized spacial score (nSPS) is 11.8. The van der Waals surface area contributed by atoms with E-state index in [0.29, 0.717) is 5.56 Å². The van der Waals surface area contributed by atoms with Gasteiger partial charge in [0.1, 0.15) is 6.61 Å². The van der Waals surface area contributed by atoms with Gasteiger partial charge in [-0.2, -0.15) is 18.3 Å². The molecule has 114 valence electrons. The number of alkyl halides is 3. The van der Waals surface area contributed by atoms with Crippen LogP contribution in [0.4, 0.5) is 13.2 Å². The van der Waals surface area contributed by atoms with Gasteiger partial charge in [-0.1, -0.05) is 0 Å². The lowest BCUT2D eigenvalue weighted by molar-refractivity contribution is -0.173. The van der Waals surface area contributed by atoms with Gasteiger partial charge in [0.15, 0.2) is 0 Å². The number of ether oxygens (including phenoxy) is 1. The van der Waals surface area contributed by atoms with Gasteiger partial charge in [-0.25, -0.2) is 0 Å². The first-order valence-corrected chi connectivity index (χ1v) is 6.24. The number of amides is 1. The Morgan fingerprint density at radius 3 is 2.90 bits per heavy atom. The van der Waals surface area contributed by atoms with Crippen molar-refractivity contribution in [2.75, 3.05) is 19.8 Å². The summed E-state index contributed by atoms with van der Waals surface area (Å²) in [6.45, 7) is 0.284. The van der Waals surface area contributed by atoms with E-state index in [1.807, 2.05) is 0 Å². The Balaban J connectivity index is 1.89. The van der Waals surface area contributed by atoms with E-state index >= 15 is 0 Å². The van der Waals surface area contributed by atoms with Crippen LogP contribution in [0.5, 0.6) is 0 Å². The fraction of sp³-hybridized carbons (Fsp3) is 0.385. The molecule has 8 heteroatoms. The number of aromatic nitrogens is 2. The molecule has 0 aliphatic heterocycles. The van der Waals surface area contributed by atoms with Crippen molar-refractivity contribution in [1.29, 1.82) is 0 Å². The summed E-state index contributed by atoms with van der Waals surface area (Å²) in [4.78, 5) is 12.0. The number of nitrogens with one attached hydrogen (secondary N) is 2. The minimum absolute atomic E-state index is 0.0117. The fourth-order valence-corrected chi connectivity index (χ4v) is 1.92. The zero-order valence-corrected chi connectivity index (χ0v) is 11.3. The Labute approximate surface area is 118 Å². The van der Waals surface area contributed by atoms with Gasteiger partial charge in [0.05, 0.1) is 18.3 Å². The summed E-state index contributed by atoms with van der Waals surface area (Å²) in [5.41, 5.74) is 2.03. The van der Waals surface area contributed by atoms with E-state index in [-0.39, 0.29) is 19.1 Å². The molecular formula is C13H14F3N3O2. The van der Waals surface area contributed by atoms with Crippen molar-refractivity contribution < 1.29 is 22.7 Å². The molecule has 0 aliphatic rings. The molecule has 1 aromatic heterocycles. The van der Waals surface area contributed by atoms with Crippen molar-refractivity contribution in [3.05, 3.63) is 29.5 Å². The molecular weight excluding hydrogens is 287 g/mol. The number of fused-ring (bicyclic) bond motifs is 1. The Morgan fingerprint density at radius 1 is 1.43 bits per heavy atom. The zero-order valence-electron chi connectivity index (χ0n) is 11.3. The third-order valence-electron chi connectivity index (χ3n) is 2.94. The minimum atomic E-state index is -4.35. The number of carbonyl (C=O) groups is 1. The monoisotopic (exact) mass is 301 g/mol. The molecule has 2 N–H and O–H groups in total. The first kappa shape index (κ1) is 15.3. The SMILES string of the molecule is Cc1c(C(=O)NCCOCC(F)(F)F)ccc2[nH]ncc12. The van der Waals surface area contributed by atoms with Gasteiger partial charge in [0.2, 0.25) is 0 Å². The van der Waals surface area contributed by atoms with Crippen LogP contribution in [0, 0.1) is 6.92 Å². The average Bonchev–Trinajstić information content (AvgIpc) is 2.86. The van der Waals surface area contributed by atoms with E-state index in [1.165, 1.54) is 0 Å². The van der Waals surface area contributed by atoms with Gasteiger partial charge in [-0.15, -0.1) is 0 Å². The molecule has 2 aromatic rings. The van der Waals surface area contributed by atoms with Crippen LogP contribution in [0.3, 0.4) is 0 Å². The van der Waals surface area contributed by atoms with E-state index < -0.39 is 12.8 Å². The second-order valence-electron chi connectivity index (χ2n) is 4.49. The second kappa shape index (κ2) is 6.13. The number of aryl methyl sites for hydroxylation is 1. The highest BCUT2D eigenvalue weighted by Gasteiger charge is 2.27. The number of rotatable bonds is 5. The molecule has 0 saturated heterocycles. The molecule has 1 aromatic carbocycles. The van der Waals surface area contributed by atoms with Crippen LogP contribution >= 0.6 is 0 Å². The summed E-state index contributed by atoms with van der Waals surface area (Å²) in [6, 6.07) is 3.37. The lowest BCUT2D eigenvalue weighted by Gasteiger charge is -2.10. The number of aromatic amines is 1. The molecule has 0 fully saturated rings. The molecule has 0 unspecified atom stereocenters. The van der Waals surface area contributed by atoms with Gasteiger partial charge in [-0.3, -0.25) is 9.89 Å². The van der Waals surface area contributed by atoms with Crippen LogP contribution in [0.25, 0.3) is 10.9 Å². The van der Waals surface area contributed by atoms with E-state index in [2.05, 4.69) is 20.3 Å². The van der Waals surface area contributed by atoms with Crippen LogP contribution in [-0.2, 0) is 4.74 Å². The zero-order chi connectivity index (χ0) is 15.5.